The zero-order valence-corrected chi connectivity index (χ0v) is 22.0. The van der Waals surface area contributed by atoms with Gasteiger partial charge in [-0.15, -0.1) is 24.0 Å². The van der Waals surface area contributed by atoms with E-state index in [0.29, 0.717) is 12.5 Å². The minimum Gasteiger partial charge on any atom is -0.379 e. The van der Waals surface area contributed by atoms with Gasteiger partial charge >= 0.3 is 0 Å². The fourth-order valence-electron chi connectivity index (χ4n) is 4.52. The Hall–Kier alpha value is -1.36. The fraction of sp³-hybridized carbons (Fsp3) is 0.565. The van der Waals surface area contributed by atoms with E-state index in [-0.39, 0.29) is 30.0 Å². The lowest BCUT2D eigenvalue weighted by atomic mass is 10.0. The van der Waals surface area contributed by atoms with E-state index >= 15 is 0 Å². The first-order chi connectivity index (χ1) is 15.2. The van der Waals surface area contributed by atoms with Crippen molar-refractivity contribution in [3.8, 4) is 0 Å². The minimum atomic E-state index is 0. The van der Waals surface area contributed by atoms with Gasteiger partial charge in [-0.1, -0.05) is 29.8 Å². The first-order valence-electron chi connectivity index (χ1n) is 11.2. The summed E-state index contributed by atoms with van der Waals surface area (Å²) in [4.78, 5) is 9.92. The van der Waals surface area contributed by atoms with Crippen molar-refractivity contribution in [1.82, 2.24) is 24.9 Å². The van der Waals surface area contributed by atoms with Gasteiger partial charge in [0.05, 0.1) is 32.0 Å². The van der Waals surface area contributed by atoms with Gasteiger partial charge in [-0.3, -0.25) is 14.6 Å². The Balaban J connectivity index is 0.00000289. The number of hydrogen-bond donors (Lipinski definition) is 1. The maximum Gasteiger partial charge on any atom is 0.194 e. The van der Waals surface area contributed by atoms with Gasteiger partial charge in [0.1, 0.15) is 0 Å². The van der Waals surface area contributed by atoms with E-state index in [2.05, 4.69) is 45.5 Å². The second-order valence-corrected chi connectivity index (χ2v) is 8.67. The maximum absolute atomic E-state index is 6.59. The number of rotatable bonds is 6. The second kappa shape index (κ2) is 12.2. The molecule has 0 bridgehead atoms. The Bertz CT molecular complexity index is 885. The molecule has 4 rings (SSSR count). The van der Waals surface area contributed by atoms with Crippen LogP contribution in [0.3, 0.4) is 0 Å². The number of aryl methyl sites for hydroxylation is 1. The van der Waals surface area contributed by atoms with Crippen LogP contribution in [0.15, 0.2) is 41.7 Å². The first-order valence-corrected chi connectivity index (χ1v) is 11.6. The van der Waals surface area contributed by atoms with E-state index in [1.807, 2.05) is 30.1 Å². The minimum absolute atomic E-state index is 0. The van der Waals surface area contributed by atoms with Crippen molar-refractivity contribution >= 4 is 41.5 Å². The third kappa shape index (κ3) is 6.15. The van der Waals surface area contributed by atoms with Crippen LogP contribution in [0.4, 0.5) is 0 Å². The SMILES string of the molecule is CCNC(=NCC(c1ccccc1Cl)N1CCOCC1)N1CCC(c2cnn(C)c2)C1.I. The predicted molar refractivity (Wildman–Crippen MR) is 140 cm³/mol. The maximum atomic E-state index is 6.59. The van der Waals surface area contributed by atoms with Gasteiger partial charge in [0, 0.05) is 56.9 Å². The number of aromatic nitrogens is 2. The molecule has 0 radical (unpaired) electrons. The van der Waals surface area contributed by atoms with Gasteiger partial charge in [0.15, 0.2) is 5.96 Å². The molecule has 7 nitrogen and oxygen atoms in total. The summed E-state index contributed by atoms with van der Waals surface area (Å²) < 4.78 is 7.46. The molecule has 0 amide bonds. The molecule has 9 heteroatoms. The standard InChI is InChI=1S/C23H33ClN6O.HI/c1-3-25-23(30-9-8-18(17-30)19-14-27-28(2)16-19)26-15-22(29-10-12-31-13-11-29)20-6-4-5-7-21(20)24;/h4-7,14,16,18,22H,3,8-13,15,17H2,1-2H3,(H,25,26);1H. The Kier molecular flexibility index (Phi) is 9.63. The summed E-state index contributed by atoms with van der Waals surface area (Å²) in [6.07, 6.45) is 5.24. The van der Waals surface area contributed by atoms with Crippen molar-refractivity contribution in [2.75, 3.05) is 52.5 Å². The number of likely N-dealkylation sites (tertiary alicyclic amines) is 1. The number of morpholine rings is 1. The summed E-state index contributed by atoms with van der Waals surface area (Å²) in [7, 11) is 1.97. The summed E-state index contributed by atoms with van der Waals surface area (Å²) in [5.41, 5.74) is 2.45. The third-order valence-corrected chi connectivity index (χ3v) is 6.53. The molecule has 176 valence electrons. The molecule has 2 atom stereocenters. The molecular weight excluding hydrogens is 539 g/mol. The number of aliphatic imine (C=N–C) groups is 1. The molecule has 0 spiro atoms. The van der Waals surface area contributed by atoms with Gasteiger partial charge < -0.3 is 15.0 Å². The van der Waals surface area contributed by atoms with Crippen molar-refractivity contribution in [3.05, 3.63) is 52.8 Å². The van der Waals surface area contributed by atoms with E-state index < -0.39 is 0 Å². The van der Waals surface area contributed by atoms with Crippen molar-refractivity contribution in [2.45, 2.75) is 25.3 Å². The van der Waals surface area contributed by atoms with Crippen LogP contribution >= 0.6 is 35.6 Å². The molecule has 2 aliphatic heterocycles. The number of nitrogens with one attached hydrogen (secondary N) is 1. The van der Waals surface area contributed by atoms with Crippen LogP contribution in [0.2, 0.25) is 5.02 Å². The zero-order valence-electron chi connectivity index (χ0n) is 18.9. The lowest BCUT2D eigenvalue weighted by Gasteiger charge is -2.34. The number of halogens is 2. The van der Waals surface area contributed by atoms with Crippen LogP contribution in [0, 0.1) is 0 Å². The summed E-state index contributed by atoms with van der Waals surface area (Å²) in [6.45, 7) is 8.90. The van der Waals surface area contributed by atoms with E-state index in [1.165, 1.54) is 5.56 Å². The number of ether oxygens (including phenoxy) is 1. The smallest absolute Gasteiger partial charge is 0.194 e. The molecular formula is C23H34ClIN6O. The van der Waals surface area contributed by atoms with Crippen molar-refractivity contribution in [1.29, 1.82) is 0 Å². The van der Waals surface area contributed by atoms with Crippen LogP contribution in [0.25, 0.3) is 0 Å². The van der Waals surface area contributed by atoms with E-state index in [9.17, 15) is 0 Å². The van der Waals surface area contributed by atoms with Crippen molar-refractivity contribution < 1.29 is 4.74 Å². The van der Waals surface area contributed by atoms with Crippen molar-refractivity contribution in [2.24, 2.45) is 12.0 Å². The Labute approximate surface area is 213 Å². The lowest BCUT2D eigenvalue weighted by Crippen LogP contribution is -2.42. The van der Waals surface area contributed by atoms with Crippen LogP contribution in [0.5, 0.6) is 0 Å². The fourth-order valence-corrected chi connectivity index (χ4v) is 4.78. The lowest BCUT2D eigenvalue weighted by molar-refractivity contribution is 0.0179. The highest BCUT2D eigenvalue weighted by Gasteiger charge is 2.28. The zero-order chi connectivity index (χ0) is 21.6. The predicted octanol–water partition coefficient (Wildman–Crippen LogP) is 3.52. The van der Waals surface area contributed by atoms with Crippen LogP contribution in [-0.4, -0.2) is 78.0 Å². The molecule has 3 heterocycles. The molecule has 0 saturated carbocycles. The highest BCUT2D eigenvalue weighted by Crippen LogP contribution is 2.30. The first kappa shape index (κ1) is 25.3. The van der Waals surface area contributed by atoms with E-state index in [1.54, 1.807) is 0 Å². The Morgan fingerprint density at radius 3 is 2.75 bits per heavy atom. The normalized spacial score (nSPS) is 20.8. The Morgan fingerprint density at radius 1 is 1.28 bits per heavy atom. The summed E-state index contributed by atoms with van der Waals surface area (Å²) >= 11 is 6.59. The number of benzene rings is 1. The average molecular weight is 573 g/mol. The summed E-state index contributed by atoms with van der Waals surface area (Å²) in [5, 5.41) is 8.65. The monoisotopic (exact) mass is 572 g/mol. The van der Waals surface area contributed by atoms with Crippen LogP contribution in [-0.2, 0) is 11.8 Å². The van der Waals surface area contributed by atoms with Gasteiger partial charge in [-0.05, 0) is 30.5 Å². The molecule has 0 aliphatic carbocycles. The molecule has 1 aromatic carbocycles. The molecule has 2 saturated heterocycles. The second-order valence-electron chi connectivity index (χ2n) is 8.26. The number of guanidine groups is 1. The number of nitrogens with zero attached hydrogens (tertiary/aromatic N) is 5. The van der Waals surface area contributed by atoms with E-state index in [0.717, 1.165) is 68.9 Å². The van der Waals surface area contributed by atoms with Gasteiger partial charge in [0.2, 0.25) is 0 Å². The third-order valence-electron chi connectivity index (χ3n) is 6.18. The van der Waals surface area contributed by atoms with Gasteiger partial charge in [-0.25, -0.2) is 0 Å². The highest BCUT2D eigenvalue weighted by atomic mass is 127. The highest BCUT2D eigenvalue weighted by molar-refractivity contribution is 14.0. The number of hydrogen-bond acceptors (Lipinski definition) is 4. The Morgan fingerprint density at radius 2 is 2.06 bits per heavy atom. The molecule has 2 fully saturated rings. The molecule has 2 aromatic rings. The van der Waals surface area contributed by atoms with E-state index in [4.69, 9.17) is 21.3 Å². The van der Waals surface area contributed by atoms with Gasteiger partial charge in [-0.2, -0.15) is 5.10 Å². The molecule has 1 N–H and O–H groups in total. The molecule has 2 aliphatic rings. The topological polar surface area (TPSA) is 57.9 Å². The molecule has 32 heavy (non-hydrogen) atoms. The van der Waals surface area contributed by atoms with Gasteiger partial charge in [0.25, 0.3) is 0 Å². The summed E-state index contributed by atoms with van der Waals surface area (Å²) in [6, 6.07) is 8.28. The molecule has 1 aromatic heterocycles. The summed E-state index contributed by atoms with van der Waals surface area (Å²) in [5.74, 6) is 1.48. The largest absolute Gasteiger partial charge is 0.379 e. The van der Waals surface area contributed by atoms with Crippen LogP contribution < -0.4 is 5.32 Å². The van der Waals surface area contributed by atoms with Crippen molar-refractivity contribution in [3.63, 3.8) is 0 Å². The average Bonchev–Trinajstić information content (AvgIpc) is 3.44. The molecule has 2 unspecified atom stereocenters. The quantitative estimate of drug-likeness (QED) is 0.326. The van der Waals surface area contributed by atoms with Crippen LogP contribution in [0.1, 0.15) is 36.4 Å².